The van der Waals surface area contributed by atoms with Crippen LogP contribution in [0.1, 0.15) is 24.7 Å². The molecule has 0 aliphatic carbocycles. The number of rotatable bonds is 11. The van der Waals surface area contributed by atoms with Gasteiger partial charge in [0.25, 0.3) is 0 Å². The summed E-state index contributed by atoms with van der Waals surface area (Å²) in [5.74, 6) is 2.60. The number of nitrogens with one attached hydrogen (secondary N) is 2. The van der Waals surface area contributed by atoms with E-state index in [9.17, 15) is 0 Å². The summed E-state index contributed by atoms with van der Waals surface area (Å²) < 4.78 is 21.9. The monoisotopic (exact) mass is 543 g/mol. The SMILES string of the molecule is COc1ccc(CCNC(=NCCc2ccco2)NC(C)COC2CCOC2)cc1.I. The van der Waals surface area contributed by atoms with Gasteiger partial charge in [-0.05, 0) is 49.6 Å². The molecule has 2 N–H and O–H groups in total. The van der Waals surface area contributed by atoms with Crippen LogP contribution < -0.4 is 15.4 Å². The molecular formula is C23H34IN3O4. The number of methoxy groups -OCH3 is 1. The summed E-state index contributed by atoms with van der Waals surface area (Å²) >= 11 is 0. The molecule has 0 radical (unpaired) electrons. The number of furan rings is 1. The van der Waals surface area contributed by atoms with Crippen molar-refractivity contribution in [3.05, 3.63) is 54.0 Å². The van der Waals surface area contributed by atoms with Crippen LogP contribution in [0.5, 0.6) is 5.75 Å². The van der Waals surface area contributed by atoms with Crippen LogP contribution >= 0.6 is 24.0 Å². The first-order valence-electron chi connectivity index (χ1n) is 10.6. The Labute approximate surface area is 202 Å². The molecule has 2 heterocycles. The number of hydrogen-bond donors (Lipinski definition) is 2. The van der Waals surface area contributed by atoms with Gasteiger partial charge in [0.15, 0.2) is 5.96 Å². The summed E-state index contributed by atoms with van der Waals surface area (Å²) in [5.41, 5.74) is 1.25. The molecular weight excluding hydrogens is 509 g/mol. The molecule has 0 amide bonds. The topological polar surface area (TPSA) is 77.2 Å². The molecule has 1 aliphatic rings. The minimum absolute atomic E-state index is 0. The van der Waals surface area contributed by atoms with Crippen molar-refractivity contribution in [2.24, 2.45) is 4.99 Å². The fourth-order valence-corrected chi connectivity index (χ4v) is 3.20. The largest absolute Gasteiger partial charge is 0.497 e. The van der Waals surface area contributed by atoms with Gasteiger partial charge in [0.2, 0.25) is 0 Å². The quantitative estimate of drug-likeness (QED) is 0.257. The Hall–Kier alpha value is -1.78. The van der Waals surface area contributed by atoms with Gasteiger partial charge in [-0.25, -0.2) is 0 Å². The van der Waals surface area contributed by atoms with Crippen molar-refractivity contribution in [3.63, 3.8) is 0 Å². The van der Waals surface area contributed by atoms with Gasteiger partial charge in [0.1, 0.15) is 11.5 Å². The Morgan fingerprint density at radius 1 is 1.23 bits per heavy atom. The minimum Gasteiger partial charge on any atom is -0.497 e. The third-order valence-electron chi connectivity index (χ3n) is 4.93. The van der Waals surface area contributed by atoms with E-state index in [-0.39, 0.29) is 36.1 Å². The van der Waals surface area contributed by atoms with E-state index in [0.29, 0.717) is 19.8 Å². The highest BCUT2D eigenvalue weighted by Crippen LogP contribution is 2.11. The molecule has 1 aromatic carbocycles. The van der Waals surface area contributed by atoms with E-state index in [1.165, 1.54) is 5.56 Å². The van der Waals surface area contributed by atoms with Gasteiger partial charge in [-0.2, -0.15) is 0 Å². The molecule has 2 aromatic rings. The average molecular weight is 543 g/mol. The Bertz CT molecular complexity index is 747. The third kappa shape index (κ3) is 9.49. The number of guanidine groups is 1. The smallest absolute Gasteiger partial charge is 0.191 e. The first-order chi connectivity index (χ1) is 14.7. The van der Waals surface area contributed by atoms with Crippen molar-refractivity contribution in [3.8, 4) is 5.75 Å². The number of nitrogens with zero attached hydrogens (tertiary/aromatic N) is 1. The van der Waals surface area contributed by atoms with Gasteiger partial charge in [-0.15, -0.1) is 24.0 Å². The lowest BCUT2D eigenvalue weighted by Crippen LogP contribution is -2.45. The number of benzene rings is 1. The first kappa shape index (κ1) is 25.5. The van der Waals surface area contributed by atoms with Crippen molar-refractivity contribution in [2.75, 3.05) is 40.0 Å². The molecule has 1 aliphatic heterocycles. The van der Waals surface area contributed by atoms with Crippen LogP contribution in [0.25, 0.3) is 0 Å². The standard InChI is InChI=1S/C23H33N3O4.HI/c1-18(16-30-22-11-15-28-17-22)26-23(25-13-10-21-4-3-14-29-21)24-12-9-19-5-7-20(27-2)8-6-19;/h3-8,14,18,22H,9-13,15-17H2,1-2H3,(H2,24,25,26);1H. The molecule has 172 valence electrons. The van der Waals surface area contributed by atoms with E-state index >= 15 is 0 Å². The summed E-state index contributed by atoms with van der Waals surface area (Å²) in [7, 11) is 1.68. The summed E-state index contributed by atoms with van der Waals surface area (Å²) in [6, 6.07) is 12.2. The van der Waals surface area contributed by atoms with Crippen LogP contribution in [-0.4, -0.2) is 58.1 Å². The summed E-state index contributed by atoms with van der Waals surface area (Å²) in [6.45, 7) is 5.63. The number of hydrogen-bond acceptors (Lipinski definition) is 5. The predicted octanol–water partition coefficient (Wildman–Crippen LogP) is 3.42. The average Bonchev–Trinajstić information content (AvgIpc) is 3.47. The fraction of sp³-hybridized carbons (Fsp3) is 0.522. The number of aliphatic imine (C=N–C) groups is 1. The molecule has 3 rings (SSSR count). The zero-order valence-corrected chi connectivity index (χ0v) is 20.7. The second-order valence-corrected chi connectivity index (χ2v) is 7.45. The highest BCUT2D eigenvalue weighted by molar-refractivity contribution is 14.0. The van der Waals surface area contributed by atoms with Gasteiger partial charge >= 0.3 is 0 Å². The Balaban J connectivity index is 0.00000341. The van der Waals surface area contributed by atoms with Crippen molar-refractivity contribution in [1.82, 2.24) is 10.6 Å². The first-order valence-corrected chi connectivity index (χ1v) is 10.6. The van der Waals surface area contributed by atoms with Crippen LogP contribution in [0.3, 0.4) is 0 Å². The molecule has 1 saturated heterocycles. The highest BCUT2D eigenvalue weighted by Gasteiger charge is 2.17. The zero-order valence-electron chi connectivity index (χ0n) is 18.3. The lowest BCUT2D eigenvalue weighted by atomic mass is 10.1. The lowest BCUT2D eigenvalue weighted by Gasteiger charge is -2.20. The second-order valence-electron chi connectivity index (χ2n) is 7.45. The van der Waals surface area contributed by atoms with Crippen molar-refractivity contribution < 1.29 is 18.6 Å². The van der Waals surface area contributed by atoms with Crippen LogP contribution in [0.15, 0.2) is 52.1 Å². The predicted molar refractivity (Wildman–Crippen MR) is 133 cm³/mol. The van der Waals surface area contributed by atoms with E-state index in [2.05, 4.69) is 29.7 Å². The summed E-state index contributed by atoms with van der Waals surface area (Å²) in [5, 5.41) is 6.88. The summed E-state index contributed by atoms with van der Waals surface area (Å²) in [6.07, 6.45) is 4.53. The molecule has 8 heteroatoms. The Kier molecular flexibility index (Phi) is 11.8. The molecule has 0 bridgehead atoms. The second kappa shape index (κ2) is 14.3. The van der Waals surface area contributed by atoms with E-state index in [0.717, 1.165) is 49.9 Å². The molecule has 0 saturated carbocycles. The van der Waals surface area contributed by atoms with Crippen molar-refractivity contribution >= 4 is 29.9 Å². The number of ether oxygens (including phenoxy) is 3. The minimum atomic E-state index is 0. The van der Waals surface area contributed by atoms with E-state index in [1.54, 1.807) is 13.4 Å². The van der Waals surface area contributed by atoms with Crippen LogP contribution in [0.4, 0.5) is 0 Å². The normalized spacial score (nSPS) is 17.1. The van der Waals surface area contributed by atoms with Crippen molar-refractivity contribution in [2.45, 2.75) is 38.3 Å². The van der Waals surface area contributed by atoms with Crippen LogP contribution in [0.2, 0.25) is 0 Å². The Morgan fingerprint density at radius 2 is 2.06 bits per heavy atom. The van der Waals surface area contributed by atoms with E-state index in [4.69, 9.17) is 23.6 Å². The zero-order chi connectivity index (χ0) is 21.0. The van der Waals surface area contributed by atoms with Crippen LogP contribution in [-0.2, 0) is 22.3 Å². The molecule has 7 nitrogen and oxygen atoms in total. The van der Waals surface area contributed by atoms with Gasteiger partial charge < -0.3 is 29.3 Å². The van der Waals surface area contributed by atoms with Gasteiger partial charge in [-0.1, -0.05) is 12.1 Å². The number of halogens is 1. The van der Waals surface area contributed by atoms with E-state index in [1.807, 2.05) is 24.3 Å². The molecule has 0 spiro atoms. The molecule has 1 fully saturated rings. The van der Waals surface area contributed by atoms with Gasteiger partial charge in [0.05, 0.1) is 32.7 Å². The lowest BCUT2D eigenvalue weighted by molar-refractivity contribution is 0.0347. The fourth-order valence-electron chi connectivity index (χ4n) is 3.20. The van der Waals surface area contributed by atoms with Crippen molar-refractivity contribution in [1.29, 1.82) is 0 Å². The maximum Gasteiger partial charge on any atom is 0.191 e. The highest BCUT2D eigenvalue weighted by atomic mass is 127. The maximum absolute atomic E-state index is 5.93. The van der Waals surface area contributed by atoms with Crippen LogP contribution in [0, 0.1) is 0 Å². The molecule has 1 aromatic heterocycles. The Morgan fingerprint density at radius 3 is 2.74 bits per heavy atom. The molecule has 2 unspecified atom stereocenters. The maximum atomic E-state index is 5.93. The van der Waals surface area contributed by atoms with E-state index < -0.39 is 0 Å². The molecule has 31 heavy (non-hydrogen) atoms. The van der Waals surface area contributed by atoms with Gasteiger partial charge in [0, 0.05) is 32.2 Å². The van der Waals surface area contributed by atoms with Gasteiger partial charge in [-0.3, -0.25) is 4.99 Å². The molecule has 2 atom stereocenters. The third-order valence-corrected chi connectivity index (χ3v) is 4.93. The summed E-state index contributed by atoms with van der Waals surface area (Å²) in [4.78, 5) is 4.71.